The van der Waals surface area contributed by atoms with Crippen LogP contribution in [0, 0.1) is 0 Å². The van der Waals surface area contributed by atoms with E-state index in [9.17, 15) is 14.7 Å². The molecule has 0 saturated carbocycles. The van der Waals surface area contributed by atoms with Gasteiger partial charge in [0.25, 0.3) is 0 Å². The molecule has 6 heteroatoms. The number of carbonyl (C=O) groups excluding carboxylic acids is 2. The zero-order valence-electron chi connectivity index (χ0n) is 10.4. The standard InChI is InChI=1S/C13H15ClN2O3/c14-9-4-5-11(17)10(8-9)15-12(18)13(19)16-6-2-1-3-7-16/h4-5,8,17H,1-3,6-7H2,(H,15,18). The highest BCUT2D eigenvalue weighted by Crippen LogP contribution is 2.26. The second kappa shape index (κ2) is 5.93. The smallest absolute Gasteiger partial charge is 0.314 e. The number of phenolic OH excluding ortho intramolecular Hbond substituents is 1. The molecular weight excluding hydrogens is 268 g/mol. The number of amides is 2. The van der Waals surface area contributed by atoms with Crippen LogP contribution in [0.3, 0.4) is 0 Å². The first-order valence-corrected chi connectivity index (χ1v) is 6.54. The quantitative estimate of drug-likeness (QED) is 0.611. The van der Waals surface area contributed by atoms with Crippen LogP contribution in [-0.2, 0) is 9.59 Å². The van der Waals surface area contributed by atoms with E-state index in [1.54, 1.807) is 0 Å². The van der Waals surface area contributed by atoms with E-state index in [0.29, 0.717) is 18.1 Å². The molecule has 0 bridgehead atoms. The molecule has 1 aliphatic heterocycles. The summed E-state index contributed by atoms with van der Waals surface area (Å²) in [6.07, 6.45) is 2.92. The number of benzene rings is 1. The van der Waals surface area contributed by atoms with Gasteiger partial charge in [0, 0.05) is 18.1 Å². The van der Waals surface area contributed by atoms with Crippen molar-refractivity contribution in [2.75, 3.05) is 18.4 Å². The highest BCUT2D eigenvalue weighted by Gasteiger charge is 2.23. The minimum atomic E-state index is -0.750. The Balaban J connectivity index is 2.03. The Labute approximate surface area is 116 Å². The molecule has 2 N–H and O–H groups in total. The molecule has 0 aromatic heterocycles. The molecule has 19 heavy (non-hydrogen) atoms. The van der Waals surface area contributed by atoms with Crippen LogP contribution in [0.5, 0.6) is 5.75 Å². The Morgan fingerprint density at radius 1 is 1.21 bits per heavy atom. The lowest BCUT2D eigenvalue weighted by atomic mass is 10.1. The molecule has 5 nitrogen and oxygen atoms in total. The van der Waals surface area contributed by atoms with Crippen molar-refractivity contribution in [2.24, 2.45) is 0 Å². The number of hydrogen-bond donors (Lipinski definition) is 2. The zero-order chi connectivity index (χ0) is 13.8. The second-order valence-electron chi connectivity index (χ2n) is 4.47. The van der Waals surface area contributed by atoms with Gasteiger partial charge in [-0.05, 0) is 37.5 Å². The number of phenols is 1. The number of rotatable bonds is 1. The summed E-state index contributed by atoms with van der Waals surface area (Å²) in [5, 5.41) is 12.3. The maximum atomic E-state index is 11.9. The third-order valence-corrected chi connectivity index (χ3v) is 3.28. The number of halogens is 1. The Morgan fingerprint density at radius 2 is 1.89 bits per heavy atom. The predicted molar refractivity (Wildman–Crippen MR) is 72.2 cm³/mol. The normalized spacial score (nSPS) is 15.1. The molecule has 2 amide bonds. The summed E-state index contributed by atoms with van der Waals surface area (Å²) in [6, 6.07) is 4.26. The van der Waals surface area contributed by atoms with Gasteiger partial charge in [-0.2, -0.15) is 0 Å². The van der Waals surface area contributed by atoms with Gasteiger partial charge in [0.05, 0.1) is 5.69 Å². The fourth-order valence-corrected chi connectivity index (χ4v) is 2.20. The molecule has 1 fully saturated rings. The number of nitrogens with one attached hydrogen (secondary N) is 1. The van der Waals surface area contributed by atoms with Crippen molar-refractivity contribution in [1.29, 1.82) is 0 Å². The van der Waals surface area contributed by atoms with Gasteiger partial charge in [-0.15, -0.1) is 0 Å². The van der Waals surface area contributed by atoms with Crippen LogP contribution in [0.15, 0.2) is 18.2 Å². The van der Waals surface area contributed by atoms with Crippen molar-refractivity contribution in [2.45, 2.75) is 19.3 Å². The summed E-state index contributed by atoms with van der Waals surface area (Å²) in [4.78, 5) is 25.2. The van der Waals surface area contributed by atoms with Gasteiger partial charge in [0.15, 0.2) is 0 Å². The van der Waals surface area contributed by atoms with Gasteiger partial charge in [0.2, 0.25) is 0 Å². The van der Waals surface area contributed by atoms with E-state index in [0.717, 1.165) is 19.3 Å². The maximum absolute atomic E-state index is 11.9. The third-order valence-electron chi connectivity index (χ3n) is 3.04. The topological polar surface area (TPSA) is 69.6 Å². The van der Waals surface area contributed by atoms with Crippen LogP contribution >= 0.6 is 11.6 Å². The van der Waals surface area contributed by atoms with Crippen molar-refractivity contribution < 1.29 is 14.7 Å². The molecule has 1 aromatic rings. The number of nitrogens with zero attached hydrogens (tertiary/aromatic N) is 1. The lowest BCUT2D eigenvalue weighted by molar-refractivity contribution is -0.143. The van der Waals surface area contributed by atoms with E-state index >= 15 is 0 Å². The van der Waals surface area contributed by atoms with E-state index < -0.39 is 11.8 Å². The number of anilines is 1. The minimum absolute atomic E-state index is 0.121. The lowest BCUT2D eigenvalue weighted by Crippen LogP contribution is -2.42. The molecular formula is C13H15ClN2O3. The number of aromatic hydroxyl groups is 1. The SMILES string of the molecule is O=C(Nc1cc(Cl)ccc1O)C(=O)N1CCCCC1. The molecule has 1 heterocycles. The number of carbonyl (C=O) groups is 2. The molecule has 0 atom stereocenters. The highest BCUT2D eigenvalue weighted by molar-refractivity contribution is 6.40. The van der Waals surface area contributed by atoms with E-state index in [-0.39, 0.29) is 11.4 Å². The molecule has 1 aromatic carbocycles. The molecule has 0 aliphatic carbocycles. The summed E-state index contributed by atoms with van der Waals surface area (Å²) in [5.41, 5.74) is 0.142. The number of piperidine rings is 1. The van der Waals surface area contributed by atoms with Crippen LogP contribution in [0.1, 0.15) is 19.3 Å². The Bertz CT molecular complexity index is 499. The van der Waals surface area contributed by atoms with Gasteiger partial charge in [-0.1, -0.05) is 11.6 Å². The van der Waals surface area contributed by atoms with Gasteiger partial charge < -0.3 is 15.3 Å². The first-order chi connectivity index (χ1) is 9.08. The van der Waals surface area contributed by atoms with Crippen LogP contribution in [-0.4, -0.2) is 34.9 Å². The van der Waals surface area contributed by atoms with Crippen LogP contribution in [0.25, 0.3) is 0 Å². The average Bonchev–Trinajstić information content (AvgIpc) is 2.43. The Hall–Kier alpha value is -1.75. The first-order valence-electron chi connectivity index (χ1n) is 6.16. The average molecular weight is 283 g/mol. The summed E-state index contributed by atoms with van der Waals surface area (Å²) >= 11 is 5.77. The van der Waals surface area contributed by atoms with E-state index in [4.69, 9.17) is 11.6 Å². The molecule has 2 rings (SSSR count). The molecule has 1 aliphatic rings. The maximum Gasteiger partial charge on any atom is 0.314 e. The largest absolute Gasteiger partial charge is 0.506 e. The highest BCUT2D eigenvalue weighted by atomic mass is 35.5. The summed E-state index contributed by atoms with van der Waals surface area (Å²) < 4.78 is 0. The van der Waals surface area contributed by atoms with Crippen molar-refractivity contribution in [1.82, 2.24) is 4.90 Å². The summed E-state index contributed by atoms with van der Waals surface area (Å²) in [7, 11) is 0. The van der Waals surface area contributed by atoms with Crippen LogP contribution in [0.2, 0.25) is 5.02 Å². The monoisotopic (exact) mass is 282 g/mol. The van der Waals surface area contributed by atoms with E-state index in [2.05, 4.69) is 5.32 Å². The third kappa shape index (κ3) is 3.38. The molecule has 0 unspecified atom stereocenters. The van der Waals surface area contributed by atoms with Gasteiger partial charge in [0.1, 0.15) is 5.75 Å². The van der Waals surface area contributed by atoms with Gasteiger partial charge in [-0.3, -0.25) is 9.59 Å². The Morgan fingerprint density at radius 3 is 2.58 bits per heavy atom. The zero-order valence-corrected chi connectivity index (χ0v) is 11.1. The fraction of sp³-hybridized carbons (Fsp3) is 0.385. The van der Waals surface area contributed by atoms with Crippen LogP contribution < -0.4 is 5.32 Å². The fourth-order valence-electron chi connectivity index (χ4n) is 2.02. The second-order valence-corrected chi connectivity index (χ2v) is 4.90. The van der Waals surface area contributed by atoms with E-state index in [1.165, 1.54) is 23.1 Å². The molecule has 1 saturated heterocycles. The number of hydrogen-bond acceptors (Lipinski definition) is 3. The van der Waals surface area contributed by atoms with Gasteiger partial charge >= 0.3 is 11.8 Å². The minimum Gasteiger partial charge on any atom is -0.506 e. The van der Waals surface area contributed by atoms with Crippen molar-refractivity contribution in [3.05, 3.63) is 23.2 Å². The van der Waals surface area contributed by atoms with Crippen molar-refractivity contribution >= 4 is 29.1 Å². The predicted octanol–water partition coefficient (Wildman–Crippen LogP) is 2.00. The van der Waals surface area contributed by atoms with Crippen LogP contribution in [0.4, 0.5) is 5.69 Å². The summed E-state index contributed by atoms with van der Waals surface area (Å²) in [5.74, 6) is -1.44. The summed E-state index contributed by atoms with van der Waals surface area (Å²) in [6.45, 7) is 1.21. The molecule has 0 radical (unpaired) electrons. The number of likely N-dealkylation sites (tertiary alicyclic amines) is 1. The molecule has 0 spiro atoms. The van der Waals surface area contributed by atoms with Crippen molar-refractivity contribution in [3.8, 4) is 5.75 Å². The van der Waals surface area contributed by atoms with E-state index in [1.807, 2.05) is 0 Å². The van der Waals surface area contributed by atoms with Gasteiger partial charge in [-0.25, -0.2) is 0 Å². The molecule has 102 valence electrons. The van der Waals surface area contributed by atoms with Crippen molar-refractivity contribution in [3.63, 3.8) is 0 Å². The first kappa shape index (κ1) is 13.7. The Kier molecular flexibility index (Phi) is 4.27. The lowest BCUT2D eigenvalue weighted by Gasteiger charge is -2.25.